The zero-order valence-electron chi connectivity index (χ0n) is 9.95. The number of nitrogens with zero attached hydrogens (tertiary/aromatic N) is 2. The summed E-state index contributed by atoms with van der Waals surface area (Å²) in [6, 6.07) is 5.42. The number of nitrogens with one attached hydrogen (secondary N) is 1. The highest BCUT2D eigenvalue weighted by Gasteiger charge is 2.04. The molecule has 1 aromatic carbocycles. The number of benzene rings is 1. The first-order valence-electron chi connectivity index (χ1n) is 5.72. The topological polar surface area (TPSA) is 37.8 Å². The third-order valence-corrected chi connectivity index (χ3v) is 3.15. The van der Waals surface area contributed by atoms with Crippen LogP contribution in [0.15, 0.2) is 30.6 Å². The molecule has 2 rings (SSSR count). The van der Waals surface area contributed by atoms with Crippen molar-refractivity contribution in [2.75, 3.05) is 11.9 Å². The molecule has 0 aliphatic carbocycles. The van der Waals surface area contributed by atoms with Gasteiger partial charge in [0.15, 0.2) is 0 Å². The molecule has 0 aliphatic heterocycles. The van der Waals surface area contributed by atoms with Gasteiger partial charge in [0, 0.05) is 12.1 Å². The van der Waals surface area contributed by atoms with Gasteiger partial charge in [-0.3, -0.25) is 4.98 Å². The number of hydrogen-bond donors (Lipinski definition) is 1. The lowest BCUT2D eigenvalue weighted by atomic mass is 10.2. The Hall–Kier alpha value is -1.32. The summed E-state index contributed by atoms with van der Waals surface area (Å²) in [6.45, 7) is 2.97. The third kappa shape index (κ3) is 3.12. The fraction of sp³-hybridized carbons (Fsp3) is 0.231. The van der Waals surface area contributed by atoms with E-state index in [-0.39, 0.29) is 0 Å². The molecule has 1 N–H and O–H groups in total. The van der Waals surface area contributed by atoms with E-state index in [1.54, 1.807) is 24.5 Å². The van der Waals surface area contributed by atoms with Crippen molar-refractivity contribution in [3.05, 3.63) is 40.6 Å². The van der Waals surface area contributed by atoms with Crippen molar-refractivity contribution in [1.29, 1.82) is 0 Å². The largest absolute Gasteiger partial charge is 0.369 e. The van der Waals surface area contributed by atoms with E-state index in [0.717, 1.165) is 30.0 Å². The zero-order valence-corrected chi connectivity index (χ0v) is 11.5. The van der Waals surface area contributed by atoms with Gasteiger partial charge in [-0.1, -0.05) is 36.2 Å². The van der Waals surface area contributed by atoms with Crippen LogP contribution >= 0.6 is 23.2 Å². The molecular weight excluding hydrogens is 269 g/mol. The summed E-state index contributed by atoms with van der Waals surface area (Å²) in [5.74, 6) is 0.764. The van der Waals surface area contributed by atoms with E-state index in [1.807, 2.05) is 6.07 Å². The van der Waals surface area contributed by atoms with Crippen molar-refractivity contribution in [1.82, 2.24) is 9.97 Å². The quantitative estimate of drug-likeness (QED) is 0.909. The summed E-state index contributed by atoms with van der Waals surface area (Å²) in [5.41, 5.74) is 1.67. The molecule has 1 aromatic heterocycles. The highest BCUT2D eigenvalue weighted by molar-refractivity contribution is 6.42. The van der Waals surface area contributed by atoms with Gasteiger partial charge in [-0.05, 0) is 18.6 Å². The molecule has 0 bridgehead atoms. The maximum atomic E-state index is 5.99. The Bertz CT molecular complexity index is 544. The van der Waals surface area contributed by atoms with Crippen LogP contribution in [0.5, 0.6) is 0 Å². The van der Waals surface area contributed by atoms with Crippen molar-refractivity contribution in [2.45, 2.75) is 13.3 Å². The molecule has 18 heavy (non-hydrogen) atoms. The Morgan fingerprint density at radius 3 is 2.72 bits per heavy atom. The Morgan fingerprint density at radius 1 is 1.17 bits per heavy atom. The van der Waals surface area contributed by atoms with Crippen LogP contribution in [-0.2, 0) is 0 Å². The SMILES string of the molecule is CCCNc1cncc(-c2ccc(Cl)c(Cl)c2)n1. The molecule has 0 saturated carbocycles. The summed E-state index contributed by atoms with van der Waals surface area (Å²) in [5, 5.41) is 4.25. The Balaban J connectivity index is 2.29. The molecule has 94 valence electrons. The molecule has 0 fully saturated rings. The zero-order chi connectivity index (χ0) is 13.0. The second-order valence-electron chi connectivity index (χ2n) is 3.85. The van der Waals surface area contributed by atoms with Gasteiger partial charge in [-0.15, -0.1) is 0 Å². The van der Waals surface area contributed by atoms with Crippen LogP contribution in [0, 0.1) is 0 Å². The lowest BCUT2D eigenvalue weighted by Gasteiger charge is -2.06. The number of aromatic nitrogens is 2. The van der Waals surface area contributed by atoms with Gasteiger partial charge in [-0.2, -0.15) is 0 Å². The van der Waals surface area contributed by atoms with Crippen molar-refractivity contribution in [3.8, 4) is 11.3 Å². The van der Waals surface area contributed by atoms with Gasteiger partial charge in [0.1, 0.15) is 5.82 Å². The van der Waals surface area contributed by atoms with Crippen LogP contribution in [0.2, 0.25) is 10.0 Å². The van der Waals surface area contributed by atoms with Gasteiger partial charge in [0.25, 0.3) is 0 Å². The average Bonchev–Trinajstić information content (AvgIpc) is 2.40. The maximum Gasteiger partial charge on any atom is 0.145 e. The van der Waals surface area contributed by atoms with E-state index in [2.05, 4.69) is 22.2 Å². The first-order valence-corrected chi connectivity index (χ1v) is 6.47. The molecule has 0 unspecified atom stereocenters. The van der Waals surface area contributed by atoms with Crippen molar-refractivity contribution >= 4 is 29.0 Å². The van der Waals surface area contributed by atoms with Crippen LogP contribution in [0.4, 0.5) is 5.82 Å². The second-order valence-corrected chi connectivity index (χ2v) is 4.66. The highest BCUT2D eigenvalue weighted by Crippen LogP contribution is 2.27. The van der Waals surface area contributed by atoms with Gasteiger partial charge in [0.2, 0.25) is 0 Å². The van der Waals surface area contributed by atoms with Gasteiger partial charge in [-0.25, -0.2) is 4.98 Å². The summed E-state index contributed by atoms with van der Waals surface area (Å²) in [6.07, 6.45) is 4.45. The molecule has 3 nitrogen and oxygen atoms in total. The maximum absolute atomic E-state index is 5.99. The van der Waals surface area contributed by atoms with Gasteiger partial charge >= 0.3 is 0 Å². The molecule has 1 heterocycles. The van der Waals surface area contributed by atoms with Crippen LogP contribution in [-0.4, -0.2) is 16.5 Å². The summed E-state index contributed by atoms with van der Waals surface area (Å²) < 4.78 is 0. The molecular formula is C13H13Cl2N3. The number of halogens is 2. The number of rotatable bonds is 4. The van der Waals surface area contributed by atoms with Crippen LogP contribution < -0.4 is 5.32 Å². The fourth-order valence-electron chi connectivity index (χ4n) is 1.50. The van der Waals surface area contributed by atoms with E-state index in [9.17, 15) is 0 Å². The first-order chi connectivity index (χ1) is 8.70. The lowest BCUT2D eigenvalue weighted by molar-refractivity contribution is 0.965. The van der Waals surface area contributed by atoms with E-state index in [4.69, 9.17) is 23.2 Å². The Kier molecular flexibility index (Phi) is 4.39. The smallest absolute Gasteiger partial charge is 0.145 e. The minimum Gasteiger partial charge on any atom is -0.369 e. The van der Waals surface area contributed by atoms with Crippen LogP contribution in [0.3, 0.4) is 0 Å². The fourth-order valence-corrected chi connectivity index (χ4v) is 1.80. The van der Waals surface area contributed by atoms with E-state index in [1.165, 1.54) is 0 Å². The highest BCUT2D eigenvalue weighted by atomic mass is 35.5. The molecule has 0 atom stereocenters. The van der Waals surface area contributed by atoms with E-state index < -0.39 is 0 Å². The number of hydrogen-bond acceptors (Lipinski definition) is 3. The second kappa shape index (κ2) is 6.03. The molecule has 0 amide bonds. The van der Waals surface area contributed by atoms with Crippen molar-refractivity contribution in [2.24, 2.45) is 0 Å². The van der Waals surface area contributed by atoms with Crippen molar-refractivity contribution in [3.63, 3.8) is 0 Å². The number of anilines is 1. The minimum atomic E-state index is 0.517. The normalized spacial score (nSPS) is 10.4. The lowest BCUT2D eigenvalue weighted by Crippen LogP contribution is -2.02. The van der Waals surface area contributed by atoms with Gasteiger partial charge in [0.05, 0.1) is 28.1 Å². The van der Waals surface area contributed by atoms with Crippen LogP contribution in [0.25, 0.3) is 11.3 Å². The standard InChI is InChI=1S/C13H13Cl2N3/c1-2-5-17-13-8-16-7-12(18-13)9-3-4-10(14)11(15)6-9/h3-4,6-8H,2,5H2,1H3,(H,17,18). The minimum absolute atomic E-state index is 0.517. The first kappa shape index (κ1) is 13.1. The van der Waals surface area contributed by atoms with E-state index in [0.29, 0.717) is 10.0 Å². The van der Waals surface area contributed by atoms with Gasteiger partial charge < -0.3 is 5.32 Å². The predicted molar refractivity (Wildman–Crippen MR) is 76.3 cm³/mol. The molecule has 0 saturated heterocycles. The Morgan fingerprint density at radius 2 is 2.00 bits per heavy atom. The molecule has 0 aliphatic rings. The van der Waals surface area contributed by atoms with Crippen molar-refractivity contribution < 1.29 is 0 Å². The van der Waals surface area contributed by atoms with E-state index >= 15 is 0 Å². The Labute approximate surface area is 116 Å². The summed E-state index contributed by atoms with van der Waals surface area (Å²) >= 11 is 11.9. The molecule has 0 spiro atoms. The summed E-state index contributed by atoms with van der Waals surface area (Å²) in [7, 11) is 0. The average molecular weight is 282 g/mol. The molecule has 2 aromatic rings. The molecule has 5 heteroatoms. The van der Waals surface area contributed by atoms with Crippen LogP contribution in [0.1, 0.15) is 13.3 Å². The predicted octanol–water partition coefficient (Wildman–Crippen LogP) is 4.27. The summed E-state index contributed by atoms with van der Waals surface area (Å²) in [4.78, 5) is 8.64. The molecule has 0 radical (unpaired) electrons. The third-order valence-electron chi connectivity index (χ3n) is 2.41. The monoisotopic (exact) mass is 281 g/mol.